The van der Waals surface area contributed by atoms with Crippen LogP contribution < -0.4 is 11.1 Å². The van der Waals surface area contributed by atoms with Crippen LogP contribution in [0.3, 0.4) is 0 Å². The number of halogens is 1. The van der Waals surface area contributed by atoms with Crippen molar-refractivity contribution >= 4 is 62.8 Å². The van der Waals surface area contributed by atoms with Gasteiger partial charge in [-0.05, 0) is 42.1 Å². The van der Waals surface area contributed by atoms with E-state index in [2.05, 4.69) is 38.9 Å². The van der Waals surface area contributed by atoms with Crippen LogP contribution in [-0.2, 0) is 13.0 Å². The summed E-state index contributed by atoms with van der Waals surface area (Å²) < 4.78 is 7.02. The molecule has 140 valence electrons. The molecule has 4 rings (SSSR count). The van der Waals surface area contributed by atoms with E-state index in [0.29, 0.717) is 12.5 Å². The molecule has 8 heteroatoms. The Morgan fingerprint density at radius 3 is 2.85 bits per heavy atom. The van der Waals surface area contributed by atoms with Gasteiger partial charge < -0.3 is 15.5 Å². The molecule has 0 fully saturated rings. The number of thiazole rings is 1. The van der Waals surface area contributed by atoms with Crippen LogP contribution in [0.4, 0.5) is 0 Å². The highest BCUT2D eigenvalue weighted by Gasteiger charge is 2.10. The lowest BCUT2D eigenvalue weighted by Gasteiger charge is -2.03. The van der Waals surface area contributed by atoms with Gasteiger partial charge in [0.1, 0.15) is 12.3 Å². The number of benzene rings is 1. The number of para-hydroxylation sites is 1. The standard InChI is InChI=1S/C19H18N4OS2.HI/c20-19(21-10-9-14-4-3-11-25-14)22-12-13-7-8-16(24-13)18-23-15-5-1-2-6-17(15)26-18;/h1-8,11H,9-10,12H2,(H3,20,21,22);1H. The molecule has 0 radical (unpaired) electrons. The van der Waals surface area contributed by atoms with Crippen LogP contribution in [0.15, 0.2) is 63.3 Å². The van der Waals surface area contributed by atoms with Crippen LogP contribution in [0.25, 0.3) is 21.0 Å². The Bertz CT molecular complexity index is 990. The highest BCUT2D eigenvalue weighted by atomic mass is 127. The lowest BCUT2D eigenvalue weighted by molar-refractivity contribution is 0.525. The number of hydrogen-bond acceptors (Lipinski definition) is 5. The maximum atomic E-state index is 5.92. The number of furan rings is 1. The van der Waals surface area contributed by atoms with Crippen molar-refractivity contribution in [3.05, 3.63) is 64.5 Å². The lowest BCUT2D eigenvalue weighted by Crippen LogP contribution is -2.33. The molecule has 0 bridgehead atoms. The van der Waals surface area contributed by atoms with Gasteiger partial charge in [-0.2, -0.15) is 0 Å². The van der Waals surface area contributed by atoms with Gasteiger partial charge in [0.05, 0.1) is 10.2 Å². The Kier molecular flexibility index (Phi) is 6.86. The van der Waals surface area contributed by atoms with Crippen molar-refractivity contribution in [2.45, 2.75) is 13.0 Å². The quantitative estimate of drug-likeness (QED) is 0.220. The number of hydrogen-bond donors (Lipinski definition) is 2. The minimum Gasteiger partial charge on any atom is -0.457 e. The third-order valence-corrected chi connectivity index (χ3v) is 5.82. The minimum absolute atomic E-state index is 0. The van der Waals surface area contributed by atoms with E-state index >= 15 is 0 Å². The SMILES string of the molecule is I.NC(=NCc1ccc(-c2nc3ccccc3s2)o1)NCCc1cccs1. The molecule has 0 aliphatic heterocycles. The van der Waals surface area contributed by atoms with Gasteiger partial charge >= 0.3 is 0 Å². The Hall–Kier alpha value is -1.91. The number of nitrogens with two attached hydrogens (primary N) is 1. The average molecular weight is 510 g/mol. The van der Waals surface area contributed by atoms with E-state index < -0.39 is 0 Å². The van der Waals surface area contributed by atoms with Crippen LogP contribution >= 0.6 is 46.7 Å². The zero-order chi connectivity index (χ0) is 17.8. The third kappa shape index (κ3) is 5.08. The number of rotatable bonds is 6. The molecule has 3 heterocycles. The van der Waals surface area contributed by atoms with Crippen LogP contribution in [0.1, 0.15) is 10.6 Å². The Balaban J connectivity index is 0.00000210. The Morgan fingerprint density at radius 1 is 1.15 bits per heavy atom. The highest BCUT2D eigenvalue weighted by Crippen LogP contribution is 2.31. The highest BCUT2D eigenvalue weighted by molar-refractivity contribution is 14.0. The summed E-state index contributed by atoms with van der Waals surface area (Å²) in [6, 6.07) is 16.1. The molecule has 27 heavy (non-hydrogen) atoms. The summed E-state index contributed by atoms with van der Waals surface area (Å²) in [7, 11) is 0. The minimum atomic E-state index is 0. The van der Waals surface area contributed by atoms with E-state index in [1.807, 2.05) is 30.3 Å². The van der Waals surface area contributed by atoms with Crippen molar-refractivity contribution in [2.75, 3.05) is 6.54 Å². The molecular weight excluding hydrogens is 491 g/mol. The van der Waals surface area contributed by atoms with E-state index in [4.69, 9.17) is 10.2 Å². The molecule has 0 unspecified atom stereocenters. The van der Waals surface area contributed by atoms with Gasteiger partial charge in [-0.3, -0.25) is 0 Å². The van der Waals surface area contributed by atoms with Gasteiger partial charge in [0, 0.05) is 11.4 Å². The van der Waals surface area contributed by atoms with Crippen molar-refractivity contribution in [2.24, 2.45) is 10.7 Å². The number of nitrogens with zero attached hydrogens (tertiary/aromatic N) is 2. The molecule has 5 nitrogen and oxygen atoms in total. The predicted molar refractivity (Wildman–Crippen MR) is 124 cm³/mol. The zero-order valence-electron chi connectivity index (χ0n) is 14.4. The molecule has 4 aromatic rings. The van der Waals surface area contributed by atoms with Crippen molar-refractivity contribution in [3.8, 4) is 10.8 Å². The molecule has 0 saturated carbocycles. The molecule has 3 N–H and O–H groups in total. The average Bonchev–Trinajstić information content (AvgIpc) is 3.39. The van der Waals surface area contributed by atoms with Gasteiger partial charge in [-0.25, -0.2) is 9.98 Å². The first-order valence-electron chi connectivity index (χ1n) is 8.29. The molecule has 0 atom stereocenters. The summed E-state index contributed by atoms with van der Waals surface area (Å²) in [5.74, 6) is 1.96. The van der Waals surface area contributed by atoms with Gasteiger partial charge in [0.15, 0.2) is 16.7 Å². The van der Waals surface area contributed by atoms with Gasteiger partial charge in [-0.15, -0.1) is 46.7 Å². The summed E-state index contributed by atoms with van der Waals surface area (Å²) >= 11 is 3.37. The number of aromatic nitrogens is 1. The van der Waals surface area contributed by atoms with Crippen LogP contribution in [0.5, 0.6) is 0 Å². The summed E-state index contributed by atoms with van der Waals surface area (Å²) in [6.07, 6.45) is 0.941. The van der Waals surface area contributed by atoms with Crippen LogP contribution in [0, 0.1) is 0 Å². The smallest absolute Gasteiger partial charge is 0.189 e. The summed E-state index contributed by atoms with van der Waals surface area (Å²) in [6.45, 7) is 1.17. The third-order valence-electron chi connectivity index (χ3n) is 3.83. The van der Waals surface area contributed by atoms with Crippen LogP contribution in [-0.4, -0.2) is 17.5 Å². The second-order valence-electron chi connectivity index (χ2n) is 5.71. The fourth-order valence-corrected chi connectivity index (χ4v) is 4.18. The largest absolute Gasteiger partial charge is 0.457 e. The summed E-state index contributed by atoms with van der Waals surface area (Å²) in [5.41, 5.74) is 6.91. The fraction of sp³-hybridized carbons (Fsp3) is 0.158. The number of fused-ring (bicyclic) bond motifs is 1. The first-order chi connectivity index (χ1) is 12.8. The molecule has 0 aliphatic carbocycles. The number of thiophene rings is 1. The van der Waals surface area contributed by atoms with Crippen molar-refractivity contribution in [1.29, 1.82) is 0 Å². The maximum absolute atomic E-state index is 5.92. The first-order valence-corrected chi connectivity index (χ1v) is 9.98. The van der Waals surface area contributed by atoms with Crippen LogP contribution in [0.2, 0.25) is 0 Å². The topological polar surface area (TPSA) is 76.4 Å². The van der Waals surface area contributed by atoms with Gasteiger partial charge in [0.25, 0.3) is 0 Å². The molecule has 3 aromatic heterocycles. The molecule has 0 amide bonds. The second kappa shape index (κ2) is 9.34. The second-order valence-corrected chi connectivity index (χ2v) is 7.77. The Morgan fingerprint density at radius 2 is 2.04 bits per heavy atom. The molecule has 0 saturated heterocycles. The maximum Gasteiger partial charge on any atom is 0.189 e. The van der Waals surface area contributed by atoms with Gasteiger partial charge in [0.2, 0.25) is 0 Å². The molecule has 1 aromatic carbocycles. The van der Waals surface area contributed by atoms with E-state index in [1.165, 1.54) is 4.88 Å². The normalized spacial score (nSPS) is 11.5. The van der Waals surface area contributed by atoms with Crippen molar-refractivity contribution < 1.29 is 4.42 Å². The number of guanidine groups is 1. The van der Waals surface area contributed by atoms with E-state index in [1.54, 1.807) is 22.7 Å². The first kappa shape index (κ1) is 19.8. The molecular formula is C19H19IN4OS2. The van der Waals surface area contributed by atoms with Crippen molar-refractivity contribution in [1.82, 2.24) is 10.3 Å². The summed E-state index contributed by atoms with van der Waals surface area (Å²) in [4.78, 5) is 10.3. The van der Waals surface area contributed by atoms with E-state index in [-0.39, 0.29) is 24.0 Å². The Labute approximate surface area is 182 Å². The van der Waals surface area contributed by atoms with Crippen molar-refractivity contribution in [3.63, 3.8) is 0 Å². The van der Waals surface area contributed by atoms with Gasteiger partial charge in [-0.1, -0.05) is 18.2 Å². The summed E-state index contributed by atoms with van der Waals surface area (Å²) in [5, 5.41) is 6.08. The molecule has 0 spiro atoms. The fourth-order valence-electron chi connectivity index (χ4n) is 2.54. The number of aliphatic imine (C=N–C) groups is 1. The zero-order valence-corrected chi connectivity index (χ0v) is 18.4. The number of nitrogens with one attached hydrogen (secondary N) is 1. The molecule has 0 aliphatic rings. The van der Waals surface area contributed by atoms with E-state index in [0.717, 1.165) is 39.7 Å². The van der Waals surface area contributed by atoms with E-state index in [9.17, 15) is 0 Å². The predicted octanol–water partition coefficient (Wildman–Crippen LogP) is 4.88. The lowest BCUT2D eigenvalue weighted by atomic mass is 10.3. The monoisotopic (exact) mass is 510 g/mol.